The summed E-state index contributed by atoms with van der Waals surface area (Å²) in [5.74, 6) is -1.85. The second-order valence-electron chi connectivity index (χ2n) is 6.78. The molecule has 0 spiro atoms. The summed E-state index contributed by atoms with van der Waals surface area (Å²) in [6.07, 6.45) is 1.26. The van der Waals surface area contributed by atoms with Gasteiger partial charge in [-0.1, -0.05) is 24.3 Å². The van der Waals surface area contributed by atoms with E-state index in [4.69, 9.17) is 0 Å². The van der Waals surface area contributed by atoms with Crippen LogP contribution in [-0.4, -0.2) is 40.9 Å². The Morgan fingerprint density at radius 3 is 2.52 bits per heavy atom. The number of hydrogen-bond donors (Lipinski definition) is 2. The molecule has 2 N–H and O–H groups in total. The van der Waals surface area contributed by atoms with Crippen molar-refractivity contribution in [2.75, 3.05) is 18.4 Å². The number of nitrogens with one attached hydrogen (secondary N) is 1. The van der Waals surface area contributed by atoms with Crippen LogP contribution in [0.3, 0.4) is 0 Å². The molecule has 1 fully saturated rings. The third kappa shape index (κ3) is 4.34. The van der Waals surface area contributed by atoms with Crippen molar-refractivity contribution in [3.05, 3.63) is 65.2 Å². The molecule has 0 aliphatic carbocycles. The van der Waals surface area contributed by atoms with E-state index in [0.29, 0.717) is 36.2 Å². The van der Waals surface area contributed by atoms with Gasteiger partial charge in [-0.3, -0.25) is 14.4 Å². The number of likely N-dealkylation sites (tertiary alicyclic amines) is 1. The Labute approximate surface area is 157 Å². The van der Waals surface area contributed by atoms with Crippen LogP contribution < -0.4 is 5.32 Å². The number of benzene rings is 2. The van der Waals surface area contributed by atoms with Gasteiger partial charge in [0, 0.05) is 29.9 Å². The Balaban J connectivity index is 1.77. The van der Waals surface area contributed by atoms with Crippen molar-refractivity contribution in [3.63, 3.8) is 0 Å². The van der Waals surface area contributed by atoms with Crippen molar-refractivity contribution in [1.82, 2.24) is 4.90 Å². The quantitative estimate of drug-likeness (QED) is 0.870. The smallest absolute Gasteiger partial charge is 0.308 e. The lowest BCUT2D eigenvalue weighted by atomic mass is 9.97. The molecule has 6 heteroatoms. The molecule has 3 rings (SSSR count). The summed E-state index contributed by atoms with van der Waals surface area (Å²) in [5.41, 5.74) is 2.39. The highest BCUT2D eigenvalue weighted by atomic mass is 16.4. The van der Waals surface area contributed by atoms with E-state index in [2.05, 4.69) is 5.32 Å². The van der Waals surface area contributed by atoms with Gasteiger partial charge in [0.15, 0.2) is 0 Å². The third-order valence-corrected chi connectivity index (χ3v) is 4.83. The predicted octanol–water partition coefficient (Wildman–Crippen LogP) is 3.18. The van der Waals surface area contributed by atoms with Crippen LogP contribution in [0.1, 0.15) is 39.1 Å². The molecule has 0 radical (unpaired) electrons. The molecule has 0 unspecified atom stereocenters. The molecule has 0 bridgehead atoms. The maximum absolute atomic E-state index is 12.8. The monoisotopic (exact) mass is 366 g/mol. The summed E-state index contributed by atoms with van der Waals surface area (Å²) < 4.78 is 0. The molecule has 2 aromatic rings. The normalized spacial score (nSPS) is 16.6. The molecule has 2 aromatic carbocycles. The minimum Gasteiger partial charge on any atom is -0.481 e. The summed E-state index contributed by atoms with van der Waals surface area (Å²) in [4.78, 5) is 38.0. The van der Waals surface area contributed by atoms with Crippen LogP contribution in [0.2, 0.25) is 0 Å². The number of amides is 2. The molecule has 6 nitrogen and oxygen atoms in total. The van der Waals surface area contributed by atoms with Crippen LogP contribution in [0.25, 0.3) is 0 Å². The van der Waals surface area contributed by atoms with Crippen LogP contribution in [-0.2, 0) is 4.79 Å². The summed E-state index contributed by atoms with van der Waals surface area (Å²) in [7, 11) is 0. The first-order valence-electron chi connectivity index (χ1n) is 8.95. The first-order chi connectivity index (χ1) is 13.0. The van der Waals surface area contributed by atoms with Gasteiger partial charge in [0.1, 0.15) is 0 Å². The molecule has 1 heterocycles. The van der Waals surface area contributed by atoms with Gasteiger partial charge in [-0.05, 0) is 49.6 Å². The summed E-state index contributed by atoms with van der Waals surface area (Å²) in [5, 5.41) is 12.1. The molecular formula is C21H22N2O4. The van der Waals surface area contributed by atoms with Crippen molar-refractivity contribution in [2.24, 2.45) is 5.92 Å². The van der Waals surface area contributed by atoms with E-state index in [0.717, 1.165) is 5.56 Å². The molecule has 2 amide bonds. The number of carbonyl (C=O) groups is 3. The van der Waals surface area contributed by atoms with E-state index < -0.39 is 11.9 Å². The van der Waals surface area contributed by atoms with Crippen molar-refractivity contribution in [3.8, 4) is 0 Å². The van der Waals surface area contributed by atoms with Crippen molar-refractivity contribution in [1.29, 1.82) is 0 Å². The maximum Gasteiger partial charge on any atom is 0.308 e. The number of hydrogen-bond acceptors (Lipinski definition) is 3. The van der Waals surface area contributed by atoms with Crippen LogP contribution >= 0.6 is 0 Å². The van der Waals surface area contributed by atoms with Gasteiger partial charge in [0.05, 0.1) is 5.92 Å². The number of nitrogens with zero attached hydrogens (tertiary/aromatic N) is 1. The van der Waals surface area contributed by atoms with E-state index >= 15 is 0 Å². The molecule has 0 aromatic heterocycles. The topological polar surface area (TPSA) is 86.7 Å². The summed E-state index contributed by atoms with van der Waals surface area (Å²) in [6, 6.07) is 14.0. The molecular weight excluding hydrogens is 344 g/mol. The molecule has 1 atom stereocenters. The Kier molecular flexibility index (Phi) is 5.54. The molecule has 0 saturated carbocycles. The number of carbonyl (C=O) groups excluding carboxylic acids is 2. The van der Waals surface area contributed by atoms with E-state index in [1.54, 1.807) is 47.4 Å². The third-order valence-electron chi connectivity index (χ3n) is 4.83. The number of aryl methyl sites for hydroxylation is 1. The van der Waals surface area contributed by atoms with E-state index in [1.165, 1.54) is 0 Å². The van der Waals surface area contributed by atoms with Crippen LogP contribution in [0.4, 0.5) is 5.69 Å². The first-order valence-corrected chi connectivity index (χ1v) is 8.95. The number of aliphatic carboxylic acids is 1. The van der Waals surface area contributed by atoms with Gasteiger partial charge in [-0.2, -0.15) is 0 Å². The molecule has 1 aliphatic rings. The van der Waals surface area contributed by atoms with Gasteiger partial charge in [-0.25, -0.2) is 0 Å². The summed E-state index contributed by atoms with van der Waals surface area (Å²) in [6.45, 7) is 2.62. The number of rotatable bonds is 4. The Bertz CT molecular complexity index is 864. The average Bonchev–Trinajstić information content (AvgIpc) is 2.69. The van der Waals surface area contributed by atoms with Gasteiger partial charge in [-0.15, -0.1) is 0 Å². The number of piperidine rings is 1. The van der Waals surface area contributed by atoms with E-state index in [9.17, 15) is 19.5 Å². The zero-order chi connectivity index (χ0) is 19.4. The zero-order valence-electron chi connectivity index (χ0n) is 15.1. The van der Waals surface area contributed by atoms with E-state index in [1.807, 2.05) is 13.0 Å². The highest BCUT2D eigenvalue weighted by molar-refractivity contribution is 6.05. The maximum atomic E-state index is 12.8. The van der Waals surface area contributed by atoms with E-state index in [-0.39, 0.29) is 18.4 Å². The average molecular weight is 366 g/mol. The molecule has 140 valence electrons. The lowest BCUT2D eigenvalue weighted by Gasteiger charge is -2.31. The fourth-order valence-corrected chi connectivity index (χ4v) is 3.22. The number of carboxylic acid groups (broad SMARTS) is 1. The standard InChI is InChI=1S/C21H22N2O4/c1-14-9-10-16(20(25)23-11-5-8-17(13-23)21(26)27)12-18(14)22-19(24)15-6-3-2-4-7-15/h2-4,6-7,9-10,12,17H,5,8,11,13H2,1H3,(H,22,24)(H,26,27)/t17-/m0/s1. The van der Waals surface area contributed by atoms with Gasteiger partial charge < -0.3 is 15.3 Å². The van der Waals surface area contributed by atoms with Crippen LogP contribution in [0.5, 0.6) is 0 Å². The second-order valence-corrected chi connectivity index (χ2v) is 6.78. The second kappa shape index (κ2) is 8.03. The lowest BCUT2D eigenvalue weighted by Crippen LogP contribution is -2.42. The van der Waals surface area contributed by atoms with Crippen LogP contribution in [0, 0.1) is 12.8 Å². The van der Waals surface area contributed by atoms with Crippen molar-refractivity contribution < 1.29 is 19.5 Å². The summed E-state index contributed by atoms with van der Waals surface area (Å²) >= 11 is 0. The Morgan fingerprint density at radius 1 is 1.07 bits per heavy atom. The fourth-order valence-electron chi connectivity index (χ4n) is 3.22. The molecule has 1 saturated heterocycles. The lowest BCUT2D eigenvalue weighted by molar-refractivity contribution is -0.143. The Hall–Kier alpha value is -3.15. The first kappa shape index (κ1) is 18.6. The highest BCUT2D eigenvalue weighted by Crippen LogP contribution is 2.22. The van der Waals surface area contributed by atoms with Crippen molar-refractivity contribution in [2.45, 2.75) is 19.8 Å². The Morgan fingerprint density at radius 2 is 1.81 bits per heavy atom. The SMILES string of the molecule is Cc1ccc(C(=O)N2CCC[C@H](C(=O)O)C2)cc1NC(=O)c1ccccc1. The van der Waals surface area contributed by atoms with Gasteiger partial charge in [0.25, 0.3) is 11.8 Å². The van der Waals surface area contributed by atoms with Crippen LogP contribution in [0.15, 0.2) is 48.5 Å². The number of anilines is 1. The van der Waals surface area contributed by atoms with Gasteiger partial charge in [0.2, 0.25) is 0 Å². The molecule has 1 aliphatic heterocycles. The highest BCUT2D eigenvalue weighted by Gasteiger charge is 2.28. The number of carboxylic acids is 1. The molecule has 27 heavy (non-hydrogen) atoms. The fraction of sp³-hybridized carbons (Fsp3) is 0.286. The minimum atomic E-state index is -0.868. The zero-order valence-corrected chi connectivity index (χ0v) is 15.1. The van der Waals surface area contributed by atoms with Gasteiger partial charge >= 0.3 is 5.97 Å². The van der Waals surface area contributed by atoms with Crippen molar-refractivity contribution >= 4 is 23.5 Å². The minimum absolute atomic E-state index is 0.212. The predicted molar refractivity (Wildman–Crippen MR) is 102 cm³/mol. The largest absolute Gasteiger partial charge is 0.481 e.